The Hall–Kier alpha value is -2.57. The van der Waals surface area contributed by atoms with Crippen molar-refractivity contribution in [3.8, 4) is 0 Å². The molecule has 1 unspecified atom stereocenters. The van der Waals surface area contributed by atoms with Crippen LogP contribution in [0.15, 0.2) is 24.3 Å². The molecule has 1 aromatic rings. The summed E-state index contributed by atoms with van der Waals surface area (Å²) in [5.41, 5.74) is 6.82. The number of anilines is 1. The van der Waals surface area contributed by atoms with Gasteiger partial charge in [-0.15, -0.1) is 0 Å². The fraction of sp³-hybridized carbons (Fsp3) is 0.357. The van der Waals surface area contributed by atoms with Gasteiger partial charge in [0.2, 0.25) is 0 Å². The third kappa shape index (κ3) is 5.52. The second-order valence-electron chi connectivity index (χ2n) is 4.36. The second-order valence-corrected chi connectivity index (χ2v) is 4.36. The standard InChI is InChI=1S/C14H19N3O4/c1-3-16-14(20)17-13(19)9(2)21-12(18)8-10-6-4-5-7-11(10)15/h4-7,9H,3,8,15H2,1-2H3,(H2,16,17,19,20). The normalized spacial score (nSPS) is 11.3. The SMILES string of the molecule is CCNC(=O)NC(=O)C(C)OC(=O)Cc1ccccc1N. The number of rotatable bonds is 5. The smallest absolute Gasteiger partial charge is 0.321 e. The minimum absolute atomic E-state index is 0.0363. The molecule has 0 aliphatic rings. The number of imide groups is 1. The summed E-state index contributed by atoms with van der Waals surface area (Å²) in [7, 11) is 0. The fourth-order valence-electron chi connectivity index (χ4n) is 1.56. The Balaban J connectivity index is 2.49. The number of urea groups is 1. The first-order chi connectivity index (χ1) is 9.93. The number of ether oxygens (including phenoxy) is 1. The zero-order valence-corrected chi connectivity index (χ0v) is 12.0. The number of nitrogen functional groups attached to an aromatic ring is 1. The molecule has 3 amide bonds. The molecular formula is C14H19N3O4. The van der Waals surface area contributed by atoms with Crippen LogP contribution in [0.25, 0.3) is 0 Å². The molecule has 0 saturated heterocycles. The molecule has 4 N–H and O–H groups in total. The topological polar surface area (TPSA) is 111 Å². The summed E-state index contributed by atoms with van der Waals surface area (Å²) in [6, 6.07) is 6.26. The van der Waals surface area contributed by atoms with Crippen LogP contribution in [0, 0.1) is 0 Å². The molecular weight excluding hydrogens is 274 g/mol. The van der Waals surface area contributed by atoms with Crippen molar-refractivity contribution in [3.05, 3.63) is 29.8 Å². The predicted octanol–water partition coefficient (Wildman–Crippen LogP) is 0.589. The largest absolute Gasteiger partial charge is 0.452 e. The molecule has 1 aromatic carbocycles. The van der Waals surface area contributed by atoms with Crippen molar-refractivity contribution in [2.24, 2.45) is 0 Å². The van der Waals surface area contributed by atoms with E-state index in [4.69, 9.17) is 10.5 Å². The van der Waals surface area contributed by atoms with Gasteiger partial charge in [0, 0.05) is 12.2 Å². The van der Waals surface area contributed by atoms with E-state index >= 15 is 0 Å². The van der Waals surface area contributed by atoms with Gasteiger partial charge in [-0.05, 0) is 25.5 Å². The number of nitrogens with one attached hydrogen (secondary N) is 2. The van der Waals surface area contributed by atoms with Crippen molar-refractivity contribution in [3.63, 3.8) is 0 Å². The molecule has 1 rings (SSSR count). The van der Waals surface area contributed by atoms with Crippen molar-refractivity contribution >= 4 is 23.6 Å². The van der Waals surface area contributed by atoms with Crippen LogP contribution in [-0.4, -0.2) is 30.6 Å². The van der Waals surface area contributed by atoms with Gasteiger partial charge in [0.25, 0.3) is 5.91 Å². The molecule has 0 aromatic heterocycles. The molecule has 0 fully saturated rings. The van der Waals surface area contributed by atoms with Gasteiger partial charge >= 0.3 is 12.0 Å². The van der Waals surface area contributed by atoms with Crippen LogP contribution in [0.1, 0.15) is 19.4 Å². The summed E-state index contributed by atoms with van der Waals surface area (Å²) in [5.74, 6) is -1.28. The number of hydrogen-bond acceptors (Lipinski definition) is 5. The lowest BCUT2D eigenvalue weighted by molar-refractivity contribution is -0.153. The van der Waals surface area contributed by atoms with Crippen LogP contribution in [0.5, 0.6) is 0 Å². The van der Waals surface area contributed by atoms with E-state index in [2.05, 4.69) is 10.6 Å². The van der Waals surface area contributed by atoms with Crippen molar-refractivity contribution in [1.82, 2.24) is 10.6 Å². The van der Waals surface area contributed by atoms with Crippen molar-refractivity contribution in [2.75, 3.05) is 12.3 Å². The lowest BCUT2D eigenvalue weighted by atomic mass is 10.1. The molecule has 0 heterocycles. The molecule has 0 aliphatic heterocycles. The molecule has 21 heavy (non-hydrogen) atoms. The molecule has 7 heteroatoms. The van der Waals surface area contributed by atoms with E-state index in [-0.39, 0.29) is 6.42 Å². The maximum atomic E-state index is 11.7. The van der Waals surface area contributed by atoms with Gasteiger partial charge in [0.1, 0.15) is 0 Å². The first-order valence-electron chi connectivity index (χ1n) is 6.55. The van der Waals surface area contributed by atoms with Gasteiger partial charge in [-0.2, -0.15) is 0 Å². The van der Waals surface area contributed by atoms with Crippen LogP contribution in [0.4, 0.5) is 10.5 Å². The summed E-state index contributed by atoms with van der Waals surface area (Å²) < 4.78 is 4.96. The monoisotopic (exact) mass is 293 g/mol. The molecule has 0 bridgehead atoms. The molecule has 114 valence electrons. The Kier molecular flexibility index (Phi) is 6.19. The van der Waals surface area contributed by atoms with E-state index < -0.39 is 24.0 Å². The van der Waals surface area contributed by atoms with Crippen LogP contribution in [0.3, 0.4) is 0 Å². The third-order valence-corrected chi connectivity index (χ3v) is 2.64. The first kappa shape index (κ1) is 16.5. The molecule has 0 radical (unpaired) electrons. The summed E-state index contributed by atoms with van der Waals surface area (Å²) in [5, 5.41) is 4.47. The quantitative estimate of drug-likeness (QED) is 0.543. The molecule has 1 atom stereocenters. The lowest BCUT2D eigenvalue weighted by Crippen LogP contribution is -2.44. The molecule has 0 spiro atoms. The van der Waals surface area contributed by atoms with Crippen molar-refractivity contribution in [1.29, 1.82) is 0 Å². The van der Waals surface area contributed by atoms with Crippen molar-refractivity contribution in [2.45, 2.75) is 26.4 Å². The Morgan fingerprint density at radius 2 is 1.95 bits per heavy atom. The van der Waals surface area contributed by atoms with E-state index in [1.807, 2.05) is 0 Å². The number of nitrogens with two attached hydrogens (primary N) is 1. The van der Waals surface area contributed by atoms with Crippen molar-refractivity contribution < 1.29 is 19.1 Å². The van der Waals surface area contributed by atoms with Gasteiger partial charge < -0.3 is 15.8 Å². The molecule has 7 nitrogen and oxygen atoms in total. The van der Waals surface area contributed by atoms with Gasteiger partial charge in [0.15, 0.2) is 6.10 Å². The van der Waals surface area contributed by atoms with E-state index in [1.54, 1.807) is 31.2 Å². The maximum absolute atomic E-state index is 11.7. The van der Waals surface area contributed by atoms with Gasteiger partial charge in [-0.3, -0.25) is 14.9 Å². The van der Waals surface area contributed by atoms with Crippen LogP contribution in [-0.2, 0) is 20.7 Å². The van der Waals surface area contributed by atoms with E-state index in [0.29, 0.717) is 17.8 Å². The highest BCUT2D eigenvalue weighted by Gasteiger charge is 2.20. The number of para-hydroxylation sites is 1. The number of carbonyl (C=O) groups excluding carboxylic acids is 3. The minimum Gasteiger partial charge on any atom is -0.452 e. The van der Waals surface area contributed by atoms with Crippen LogP contribution < -0.4 is 16.4 Å². The number of esters is 1. The van der Waals surface area contributed by atoms with Gasteiger partial charge in [0.05, 0.1) is 6.42 Å². The Morgan fingerprint density at radius 1 is 1.29 bits per heavy atom. The summed E-state index contributed by atoms with van der Waals surface area (Å²) in [6.45, 7) is 3.50. The Labute approximate surface area is 122 Å². The first-order valence-corrected chi connectivity index (χ1v) is 6.55. The maximum Gasteiger partial charge on any atom is 0.321 e. The van der Waals surface area contributed by atoms with Crippen LogP contribution >= 0.6 is 0 Å². The highest BCUT2D eigenvalue weighted by Crippen LogP contribution is 2.12. The number of amides is 3. The number of benzene rings is 1. The molecule has 0 saturated carbocycles. The lowest BCUT2D eigenvalue weighted by Gasteiger charge is -2.13. The average Bonchev–Trinajstić information content (AvgIpc) is 2.41. The Morgan fingerprint density at radius 3 is 2.57 bits per heavy atom. The highest BCUT2D eigenvalue weighted by molar-refractivity contribution is 5.97. The average molecular weight is 293 g/mol. The predicted molar refractivity (Wildman–Crippen MR) is 77.3 cm³/mol. The third-order valence-electron chi connectivity index (χ3n) is 2.64. The Bertz CT molecular complexity index is 531. The van der Waals surface area contributed by atoms with Gasteiger partial charge in [-0.25, -0.2) is 4.79 Å². The summed E-state index contributed by atoms with van der Waals surface area (Å²) in [4.78, 5) is 34.5. The molecule has 0 aliphatic carbocycles. The highest BCUT2D eigenvalue weighted by atomic mass is 16.5. The van der Waals surface area contributed by atoms with Crippen LogP contribution in [0.2, 0.25) is 0 Å². The zero-order chi connectivity index (χ0) is 15.8. The summed E-state index contributed by atoms with van der Waals surface area (Å²) >= 11 is 0. The number of carbonyl (C=O) groups is 3. The van der Waals surface area contributed by atoms with Gasteiger partial charge in [-0.1, -0.05) is 18.2 Å². The second kappa shape index (κ2) is 7.88. The van der Waals surface area contributed by atoms with E-state index in [1.165, 1.54) is 6.92 Å². The number of hydrogen-bond donors (Lipinski definition) is 3. The van der Waals surface area contributed by atoms with E-state index in [0.717, 1.165) is 0 Å². The minimum atomic E-state index is -1.06. The summed E-state index contributed by atoms with van der Waals surface area (Å²) in [6.07, 6.45) is -1.10. The zero-order valence-electron chi connectivity index (χ0n) is 12.0. The van der Waals surface area contributed by atoms with E-state index in [9.17, 15) is 14.4 Å². The fourth-order valence-corrected chi connectivity index (χ4v) is 1.56.